The van der Waals surface area contributed by atoms with Gasteiger partial charge in [-0.15, -0.1) is 6.58 Å². The Kier molecular flexibility index (Phi) is 3.17. The molecule has 0 aliphatic carbocycles. The van der Waals surface area contributed by atoms with E-state index in [1.807, 2.05) is 0 Å². The molecule has 5 nitrogen and oxygen atoms in total. The molecule has 0 aromatic carbocycles. The molecule has 0 saturated carbocycles. The zero-order valence-electron chi connectivity index (χ0n) is 7.86. The Morgan fingerprint density at radius 3 is 3.00 bits per heavy atom. The highest BCUT2D eigenvalue weighted by molar-refractivity contribution is 5.92. The van der Waals surface area contributed by atoms with Crippen molar-refractivity contribution < 1.29 is 4.79 Å². The molecular formula is C9H11N3O2. The highest BCUT2D eigenvalue weighted by Crippen LogP contribution is 1.88. The smallest absolute Gasteiger partial charge is 0.271 e. The Morgan fingerprint density at radius 2 is 2.43 bits per heavy atom. The van der Waals surface area contributed by atoms with Crippen LogP contribution in [-0.2, 0) is 7.05 Å². The lowest BCUT2D eigenvalue weighted by Gasteiger charge is -2.02. The highest BCUT2D eigenvalue weighted by Gasteiger charge is 2.06. The number of nitrogens with one attached hydrogen (secondary N) is 1. The number of amides is 1. The molecule has 1 N–H and O–H groups in total. The summed E-state index contributed by atoms with van der Waals surface area (Å²) < 4.78 is 1.11. The topological polar surface area (TPSA) is 64.0 Å². The van der Waals surface area contributed by atoms with Crippen molar-refractivity contribution >= 4 is 5.91 Å². The van der Waals surface area contributed by atoms with E-state index in [-0.39, 0.29) is 17.2 Å². The van der Waals surface area contributed by atoms with Crippen molar-refractivity contribution in [3.63, 3.8) is 0 Å². The first-order chi connectivity index (χ1) is 6.65. The molecule has 0 fully saturated rings. The third-order valence-corrected chi connectivity index (χ3v) is 1.60. The molecule has 0 saturated heterocycles. The largest absolute Gasteiger partial charge is 0.347 e. The lowest BCUT2D eigenvalue weighted by molar-refractivity contribution is 0.0951. The van der Waals surface area contributed by atoms with Crippen LogP contribution in [0.15, 0.2) is 29.6 Å². The Balaban J connectivity index is 2.86. The molecule has 74 valence electrons. The van der Waals surface area contributed by atoms with E-state index in [0.717, 1.165) is 4.68 Å². The van der Waals surface area contributed by atoms with Crippen LogP contribution in [0.2, 0.25) is 0 Å². The van der Waals surface area contributed by atoms with E-state index < -0.39 is 0 Å². The molecular weight excluding hydrogens is 182 g/mol. The third kappa shape index (κ3) is 2.29. The van der Waals surface area contributed by atoms with Gasteiger partial charge in [0, 0.05) is 19.7 Å². The molecule has 14 heavy (non-hydrogen) atoms. The summed E-state index contributed by atoms with van der Waals surface area (Å²) in [5, 5.41) is 6.34. The number of rotatable bonds is 3. The lowest BCUT2D eigenvalue weighted by Crippen LogP contribution is -2.28. The van der Waals surface area contributed by atoms with Crippen LogP contribution in [0.1, 0.15) is 10.5 Å². The van der Waals surface area contributed by atoms with E-state index in [4.69, 9.17) is 0 Å². The Morgan fingerprint density at radius 1 is 1.71 bits per heavy atom. The number of carbonyl (C=O) groups is 1. The van der Waals surface area contributed by atoms with Crippen LogP contribution in [0.3, 0.4) is 0 Å². The van der Waals surface area contributed by atoms with Gasteiger partial charge < -0.3 is 5.32 Å². The minimum atomic E-state index is -0.319. The first kappa shape index (κ1) is 10.2. The van der Waals surface area contributed by atoms with Gasteiger partial charge in [0.25, 0.3) is 11.5 Å². The number of aryl methyl sites for hydroxylation is 1. The van der Waals surface area contributed by atoms with E-state index in [2.05, 4.69) is 17.0 Å². The normalized spacial score (nSPS) is 9.50. The van der Waals surface area contributed by atoms with Gasteiger partial charge in [-0.3, -0.25) is 9.59 Å². The summed E-state index contributed by atoms with van der Waals surface area (Å²) in [5.74, 6) is -0.319. The fraction of sp³-hybridized carbons (Fsp3) is 0.222. The summed E-state index contributed by atoms with van der Waals surface area (Å²) in [5.41, 5.74) is -0.0285. The molecule has 1 heterocycles. The predicted octanol–water partition coefficient (Wildman–Crippen LogP) is -0.304. The second kappa shape index (κ2) is 4.36. The maximum absolute atomic E-state index is 11.3. The molecule has 0 unspecified atom stereocenters. The first-order valence-corrected chi connectivity index (χ1v) is 4.08. The average Bonchev–Trinajstić information content (AvgIpc) is 2.18. The second-order valence-corrected chi connectivity index (χ2v) is 2.68. The summed E-state index contributed by atoms with van der Waals surface area (Å²) in [7, 11) is 1.49. The van der Waals surface area contributed by atoms with Gasteiger partial charge >= 0.3 is 0 Å². The minimum Gasteiger partial charge on any atom is -0.347 e. The molecule has 0 bridgehead atoms. The Bertz CT molecular complexity index is 409. The van der Waals surface area contributed by atoms with E-state index in [1.165, 1.54) is 19.2 Å². The summed E-state index contributed by atoms with van der Waals surface area (Å²) in [6, 6.07) is 2.69. The van der Waals surface area contributed by atoms with Crippen molar-refractivity contribution in [2.75, 3.05) is 6.54 Å². The van der Waals surface area contributed by atoms with E-state index in [1.54, 1.807) is 6.08 Å². The monoisotopic (exact) mass is 193 g/mol. The fourth-order valence-electron chi connectivity index (χ4n) is 0.879. The van der Waals surface area contributed by atoms with Crippen LogP contribution >= 0.6 is 0 Å². The van der Waals surface area contributed by atoms with E-state index in [0.29, 0.717) is 6.54 Å². The highest BCUT2D eigenvalue weighted by atomic mass is 16.2. The summed E-state index contributed by atoms with van der Waals surface area (Å²) in [6.45, 7) is 3.85. The van der Waals surface area contributed by atoms with Crippen molar-refractivity contribution in [3.05, 3.63) is 40.8 Å². The second-order valence-electron chi connectivity index (χ2n) is 2.68. The molecule has 1 amide bonds. The summed E-state index contributed by atoms with van der Waals surface area (Å²) >= 11 is 0. The number of nitrogens with zero attached hydrogens (tertiary/aromatic N) is 2. The summed E-state index contributed by atoms with van der Waals surface area (Å²) in [4.78, 5) is 22.3. The van der Waals surface area contributed by atoms with Crippen molar-refractivity contribution in [2.24, 2.45) is 7.05 Å². The number of hydrogen-bond acceptors (Lipinski definition) is 3. The van der Waals surface area contributed by atoms with Crippen molar-refractivity contribution in [1.82, 2.24) is 15.1 Å². The van der Waals surface area contributed by atoms with Gasteiger partial charge in [0.2, 0.25) is 0 Å². The van der Waals surface area contributed by atoms with Gasteiger partial charge in [-0.05, 0) is 6.07 Å². The molecule has 5 heteroatoms. The van der Waals surface area contributed by atoms with Crippen molar-refractivity contribution in [1.29, 1.82) is 0 Å². The van der Waals surface area contributed by atoms with Crippen LogP contribution in [0.5, 0.6) is 0 Å². The molecule has 0 spiro atoms. The average molecular weight is 193 g/mol. The van der Waals surface area contributed by atoms with Gasteiger partial charge in [0.1, 0.15) is 5.69 Å². The standard InChI is InChI=1S/C9H11N3O2/c1-3-6-10-9(14)7-4-5-8(13)12(2)11-7/h3-5H,1,6H2,2H3,(H,10,14). The maximum Gasteiger partial charge on any atom is 0.271 e. The Labute approximate surface area is 81.1 Å². The van der Waals surface area contributed by atoms with Gasteiger partial charge in [-0.25, -0.2) is 4.68 Å². The Hall–Kier alpha value is -1.91. The zero-order chi connectivity index (χ0) is 10.6. The van der Waals surface area contributed by atoms with Crippen LogP contribution in [0.25, 0.3) is 0 Å². The van der Waals surface area contributed by atoms with Gasteiger partial charge in [0.15, 0.2) is 0 Å². The first-order valence-electron chi connectivity index (χ1n) is 4.08. The zero-order valence-corrected chi connectivity index (χ0v) is 7.86. The lowest BCUT2D eigenvalue weighted by atomic mass is 10.3. The quantitative estimate of drug-likeness (QED) is 0.670. The van der Waals surface area contributed by atoms with E-state index in [9.17, 15) is 9.59 Å². The van der Waals surface area contributed by atoms with Crippen LogP contribution in [0.4, 0.5) is 0 Å². The number of hydrogen-bond donors (Lipinski definition) is 1. The van der Waals surface area contributed by atoms with Crippen molar-refractivity contribution in [2.45, 2.75) is 0 Å². The molecule has 0 aliphatic rings. The number of aromatic nitrogens is 2. The van der Waals surface area contributed by atoms with Gasteiger partial charge in [-0.2, -0.15) is 5.10 Å². The fourth-order valence-corrected chi connectivity index (χ4v) is 0.879. The molecule has 0 radical (unpaired) electrons. The van der Waals surface area contributed by atoms with Gasteiger partial charge in [0.05, 0.1) is 0 Å². The maximum atomic E-state index is 11.3. The molecule has 1 rings (SSSR count). The number of carbonyl (C=O) groups excluding carboxylic acids is 1. The molecule has 1 aromatic rings. The van der Waals surface area contributed by atoms with Crippen LogP contribution in [-0.4, -0.2) is 22.2 Å². The predicted molar refractivity (Wildman–Crippen MR) is 52.0 cm³/mol. The minimum absolute atomic E-state index is 0.217. The van der Waals surface area contributed by atoms with Gasteiger partial charge in [-0.1, -0.05) is 6.08 Å². The SMILES string of the molecule is C=CCNC(=O)c1ccc(=O)n(C)n1. The summed E-state index contributed by atoms with van der Waals surface area (Å²) in [6.07, 6.45) is 1.57. The van der Waals surface area contributed by atoms with Crippen molar-refractivity contribution in [3.8, 4) is 0 Å². The molecule has 0 aliphatic heterocycles. The molecule has 0 atom stereocenters. The van der Waals surface area contributed by atoms with Crippen LogP contribution < -0.4 is 10.9 Å². The van der Waals surface area contributed by atoms with E-state index >= 15 is 0 Å². The van der Waals surface area contributed by atoms with Crippen LogP contribution in [0, 0.1) is 0 Å². The third-order valence-electron chi connectivity index (χ3n) is 1.60. The molecule has 1 aromatic heterocycles.